The minimum atomic E-state index is -0.0561. The molecule has 5 nitrogen and oxygen atoms in total. The number of fused-ring (bicyclic) bond motifs is 1. The van der Waals surface area contributed by atoms with Crippen LogP contribution in [0.25, 0.3) is 0 Å². The molecule has 0 aliphatic carbocycles. The first-order chi connectivity index (χ1) is 9.58. The quantitative estimate of drug-likeness (QED) is 0.918. The van der Waals surface area contributed by atoms with Gasteiger partial charge in [-0.05, 0) is 30.0 Å². The number of nitrogens with one attached hydrogen (secondary N) is 1. The molecule has 1 N–H and O–H groups in total. The molecule has 1 atom stereocenters. The first kappa shape index (κ1) is 14.5. The molecule has 1 aliphatic rings. The van der Waals surface area contributed by atoms with Gasteiger partial charge in [-0.3, -0.25) is 0 Å². The van der Waals surface area contributed by atoms with E-state index in [-0.39, 0.29) is 6.03 Å². The van der Waals surface area contributed by atoms with E-state index < -0.39 is 0 Å². The lowest BCUT2D eigenvalue weighted by Crippen LogP contribution is -2.35. The van der Waals surface area contributed by atoms with Gasteiger partial charge in [0.05, 0.1) is 0 Å². The van der Waals surface area contributed by atoms with Crippen molar-refractivity contribution in [3.8, 4) is 11.5 Å². The SMILES string of the molecule is CC(CCNC(=O)N(C)C)c1ccc2c(c1)OCCO2. The second kappa shape index (κ2) is 6.50. The zero-order valence-electron chi connectivity index (χ0n) is 12.3. The molecular formula is C15H22N2O3. The summed E-state index contributed by atoms with van der Waals surface area (Å²) < 4.78 is 11.1. The van der Waals surface area contributed by atoms with E-state index in [0.717, 1.165) is 17.9 Å². The topological polar surface area (TPSA) is 50.8 Å². The van der Waals surface area contributed by atoms with Gasteiger partial charge in [0.1, 0.15) is 13.2 Å². The number of amides is 2. The van der Waals surface area contributed by atoms with Gasteiger partial charge in [0.2, 0.25) is 0 Å². The number of rotatable bonds is 4. The van der Waals surface area contributed by atoms with Gasteiger partial charge in [0.25, 0.3) is 0 Å². The fourth-order valence-electron chi connectivity index (χ4n) is 2.09. The molecule has 0 bridgehead atoms. The maximum Gasteiger partial charge on any atom is 0.316 e. The van der Waals surface area contributed by atoms with E-state index in [1.54, 1.807) is 14.1 Å². The van der Waals surface area contributed by atoms with E-state index in [1.807, 2.05) is 12.1 Å². The fraction of sp³-hybridized carbons (Fsp3) is 0.533. The molecule has 0 radical (unpaired) electrons. The molecule has 20 heavy (non-hydrogen) atoms. The average Bonchev–Trinajstić information content (AvgIpc) is 2.46. The van der Waals surface area contributed by atoms with Gasteiger partial charge in [-0.25, -0.2) is 4.79 Å². The summed E-state index contributed by atoms with van der Waals surface area (Å²) in [7, 11) is 3.47. The lowest BCUT2D eigenvalue weighted by molar-refractivity contribution is 0.171. The maximum absolute atomic E-state index is 11.4. The number of urea groups is 1. The molecule has 0 saturated heterocycles. The van der Waals surface area contributed by atoms with Gasteiger partial charge >= 0.3 is 6.03 Å². The zero-order valence-corrected chi connectivity index (χ0v) is 12.3. The van der Waals surface area contributed by atoms with Crippen LogP contribution in [0.1, 0.15) is 24.8 Å². The monoisotopic (exact) mass is 278 g/mol. The number of carbonyl (C=O) groups excluding carboxylic acids is 1. The highest BCUT2D eigenvalue weighted by Crippen LogP contribution is 2.33. The zero-order chi connectivity index (χ0) is 14.5. The summed E-state index contributed by atoms with van der Waals surface area (Å²) in [4.78, 5) is 13.0. The third kappa shape index (κ3) is 3.56. The number of benzene rings is 1. The Bertz CT molecular complexity index is 474. The summed E-state index contributed by atoms with van der Waals surface area (Å²) in [6.45, 7) is 4.02. The van der Waals surface area contributed by atoms with Crippen LogP contribution in [0.5, 0.6) is 11.5 Å². The van der Waals surface area contributed by atoms with Crippen molar-refractivity contribution in [1.29, 1.82) is 0 Å². The smallest absolute Gasteiger partial charge is 0.316 e. The average molecular weight is 278 g/mol. The molecule has 0 spiro atoms. The van der Waals surface area contributed by atoms with Crippen molar-refractivity contribution in [3.05, 3.63) is 23.8 Å². The van der Waals surface area contributed by atoms with Gasteiger partial charge in [-0.2, -0.15) is 0 Å². The summed E-state index contributed by atoms with van der Waals surface area (Å²) >= 11 is 0. The molecule has 5 heteroatoms. The Labute approximate surface area is 119 Å². The van der Waals surface area contributed by atoms with Crippen LogP contribution in [-0.4, -0.2) is 44.8 Å². The van der Waals surface area contributed by atoms with E-state index in [0.29, 0.717) is 25.7 Å². The highest BCUT2D eigenvalue weighted by Gasteiger charge is 2.14. The predicted octanol–water partition coefficient (Wildman–Crippen LogP) is 2.22. The van der Waals surface area contributed by atoms with Crippen molar-refractivity contribution in [2.24, 2.45) is 0 Å². The molecule has 110 valence electrons. The first-order valence-electron chi connectivity index (χ1n) is 6.92. The molecule has 1 aliphatic heterocycles. The summed E-state index contributed by atoms with van der Waals surface area (Å²) in [5.74, 6) is 1.99. The van der Waals surface area contributed by atoms with Crippen LogP contribution in [0, 0.1) is 0 Å². The number of carbonyl (C=O) groups is 1. The molecule has 1 aromatic rings. The number of hydrogen-bond donors (Lipinski definition) is 1. The van der Waals surface area contributed by atoms with Crippen LogP contribution < -0.4 is 14.8 Å². The molecule has 0 saturated carbocycles. The van der Waals surface area contributed by atoms with Gasteiger partial charge in [-0.15, -0.1) is 0 Å². The number of nitrogens with zero attached hydrogens (tertiary/aromatic N) is 1. The summed E-state index contributed by atoms with van der Waals surface area (Å²) in [6.07, 6.45) is 0.888. The second-order valence-electron chi connectivity index (χ2n) is 5.22. The third-order valence-corrected chi connectivity index (χ3v) is 3.40. The van der Waals surface area contributed by atoms with Gasteiger partial charge in [0.15, 0.2) is 11.5 Å². The van der Waals surface area contributed by atoms with Crippen molar-refractivity contribution in [1.82, 2.24) is 10.2 Å². The van der Waals surface area contributed by atoms with Gasteiger partial charge < -0.3 is 19.7 Å². The van der Waals surface area contributed by atoms with Crippen molar-refractivity contribution in [2.45, 2.75) is 19.3 Å². The van der Waals surface area contributed by atoms with E-state index >= 15 is 0 Å². The van der Waals surface area contributed by atoms with E-state index in [1.165, 1.54) is 10.5 Å². The van der Waals surface area contributed by atoms with Crippen LogP contribution >= 0.6 is 0 Å². The van der Waals surface area contributed by atoms with E-state index in [9.17, 15) is 4.79 Å². The lowest BCUT2D eigenvalue weighted by Gasteiger charge is -2.21. The second-order valence-corrected chi connectivity index (χ2v) is 5.22. The fourth-order valence-corrected chi connectivity index (χ4v) is 2.09. The van der Waals surface area contributed by atoms with Gasteiger partial charge in [-0.1, -0.05) is 13.0 Å². The van der Waals surface area contributed by atoms with Crippen LogP contribution in [0.2, 0.25) is 0 Å². The number of ether oxygens (including phenoxy) is 2. The summed E-state index contributed by atoms with van der Waals surface area (Å²) in [5.41, 5.74) is 1.20. The highest BCUT2D eigenvalue weighted by atomic mass is 16.6. The van der Waals surface area contributed by atoms with Crippen molar-refractivity contribution in [3.63, 3.8) is 0 Å². The lowest BCUT2D eigenvalue weighted by atomic mass is 9.97. The largest absolute Gasteiger partial charge is 0.486 e. The Morgan fingerprint density at radius 3 is 2.70 bits per heavy atom. The van der Waals surface area contributed by atoms with Crippen molar-refractivity contribution < 1.29 is 14.3 Å². The Hall–Kier alpha value is -1.91. The van der Waals surface area contributed by atoms with Crippen LogP contribution in [0.3, 0.4) is 0 Å². The number of hydrogen-bond acceptors (Lipinski definition) is 3. The Morgan fingerprint density at radius 2 is 2.00 bits per heavy atom. The minimum Gasteiger partial charge on any atom is -0.486 e. The third-order valence-electron chi connectivity index (χ3n) is 3.40. The Morgan fingerprint density at radius 1 is 1.30 bits per heavy atom. The van der Waals surface area contributed by atoms with Gasteiger partial charge in [0, 0.05) is 20.6 Å². The molecule has 2 amide bonds. The normalized spacial score (nSPS) is 14.6. The van der Waals surface area contributed by atoms with Crippen LogP contribution in [0.15, 0.2) is 18.2 Å². The van der Waals surface area contributed by atoms with E-state index in [4.69, 9.17) is 9.47 Å². The molecule has 1 aromatic carbocycles. The maximum atomic E-state index is 11.4. The summed E-state index contributed by atoms with van der Waals surface area (Å²) in [5, 5.41) is 2.88. The van der Waals surface area contributed by atoms with Crippen molar-refractivity contribution >= 4 is 6.03 Å². The molecular weight excluding hydrogens is 256 g/mol. The van der Waals surface area contributed by atoms with Crippen LogP contribution in [0.4, 0.5) is 4.79 Å². The minimum absolute atomic E-state index is 0.0561. The predicted molar refractivity (Wildman–Crippen MR) is 77.5 cm³/mol. The molecule has 2 rings (SSSR count). The Kier molecular flexibility index (Phi) is 4.71. The molecule has 1 heterocycles. The Balaban J connectivity index is 1.89. The molecule has 0 fully saturated rings. The van der Waals surface area contributed by atoms with Crippen molar-refractivity contribution in [2.75, 3.05) is 33.9 Å². The van der Waals surface area contributed by atoms with E-state index in [2.05, 4.69) is 18.3 Å². The molecule has 0 aromatic heterocycles. The van der Waals surface area contributed by atoms with Crippen LogP contribution in [-0.2, 0) is 0 Å². The summed E-state index contributed by atoms with van der Waals surface area (Å²) in [6, 6.07) is 6.00. The first-order valence-corrected chi connectivity index (χ1v) is 6.92. The standard InChI is InChI=1S/C15H22N2O3/c1-11(6-7-16-15(18)17(2)3)12-4-5-13-14(10-12)20-9-8-19-13/h4-5,10-11H,6-9H2,1-3H3,(H,16,18). The highest BCUT2D eigenvalue weighted by molar-refractivity contribution is 5.73. The molecule has 1 unspecified atom stereocenters.